The monoisotopic (exact) mass is 361 g/mol. The SMILES string of the molecule is N#CC(=Cc1c(F)cccc1Cl)C(=O)Nc1ccc([N+](=O)[O-])cc1O. The first-order valence-electron chi connectivity index (χ1n) is 6.68. The summed E-state index contributed by atoms with van der Waals surface area (Å²) in [6, 6.07) is 8.51. The van der Waals surface area contributed by atoms with E-state index in [0.29, 0.717) is 0 Å². The molecule has 0 heterocycles. The van der Waals surface area contributed by atoms with E-state index in [9.17, 15) is 24.4 Å². The maximum atomic E-state index is 13.7. The summed E-state index contributed by atoms with van der Waals surface area (Å²) in [5.41, 5.74) is -1.12. The van der Waals surface area contributed by atoms with Gasteiger partial charge in [-0.05, 0) is 24.3 Å². The molecule has 0 bridgehead atoms. The Morgan fingerprint density at radius 2 is 2.12 bits per heavy atom. The molecule has 2 aromatic carbocycles. The number of nitro groups is 1. The van der Waals surface area contributed by atoms with Gasteiger partial charge in [0.15, 0.2) is 0 Å². The van der Waals surface area contributed by atoms with Crippen molar-refractivity contribution in [2.75, 3.05) is 5.32 Å². The van der Waals surface area contributed by atoms with Crippen LogP contribution in [-0.4, -0.2) is 15.9 Å². The molecule has 126 valence electrons. The molecule has 0 radical (unpaired) electrons. The number of nitriles is 1. The van der Waals surface area contributed by atoms with Gasteiger partial charge in [0.05, 0.1) is 21.7 Å². The summed E-state index contributed by atoms with van der Waals surface area (Å²) in [5.74, 6) is -2.21. The average molecular weight is 362 g/mol. The summed E-state index contributed by atoms with van der Waals surface area (Å²) in [7, 11) is 0. The standard InChI is InChI=1S/C16H9ClFN3O4/c17-12-2-1-3-13(18)11(12)6-9(8-19)16(23)20-14-5-4-10(21(24)25)7-15(14)22/h1-7,22H,(H,20,23). The number of carbonyl (C=O) groups excluding carboxylic acids is 1. The predicted molar refractivity (Wildman–Crippen MR) is 88.4 cm³/mol. The summed E-state index contributed by atoms with van der Waals surface area (Å²) in [6.07, 6.45) is 0.968. The van der Waals surface area contributed by atoms with Crippen molar-refractivity contribution in [2.45, 2.75) is 0 Å². The van der Waals surface area contributed by atoms with Crippen molar-refractivity contribution in [3.8, 4) is 11.8 Å². The number of aromatic hydroxyl groups is 1. The second-order valence-electron chi connectivity index (χ2n) is 4.72. The molecule has 2 aromatic rings. The van der Waals surface area contributed by atoms with Gasteiger partial charge in [0.25, 0.3) is 11.6 Å². The third-order valence-electron chi connectivity index (χ3n) is 3.09. The van der Waals surface area contributed by atoms with E-state index in [0.717, 1.165) is 30.3 Å². The molecule has 0 unspecified atom stereocenters. The molecule has 2 rings (SSSR count). The third kappa shape index (κ3) is 4.10. The zero-order valence-electron chi connectivity index (χ0n) is 12.4. The van der Waals surface area contributed by atoms with Crippen molar-refractivity contribution in [1.29, 1.82) is 5.26 Å². The van der Waals surface area contributed by atoms with Crippen LogP contribution in [0.3, 0.4) is 0 Å². The van der Waals surface area contributed by atoms with E-state index in [2.05, 4.69) is 5.32 Å². The van der Waals surface area contributed by atoms with Crippen LogP contribution >= 0.6 is 11.6 Å². The highest BCUT2D eigenvalue weighted by Crippen LogP contribution is 2.28. The first-order chi connectivity index (χ1) is 11.8. The first kappa shape index (κ1) is 17.9. The summed E-state index contributed by atoms with van der Waals surface area (Å²) in [5, 5.41) is 31.7. The molecule has 0 aliphatic heterocycles. The molecular formula is C16H9ClFN3O4. The molecule has 0 aliphatic rings. The lowest BCUT2D eigenvalue weighted by Gasteiger charge is -2.07. The number of hydrogen-bond donors (Lipinski definition) is 2. The Balaban J connectivity index is 2.31. The number of phenols is 1. The van der Waals surface area contributed by atoms with Crippen LogP contribution in [0.1, 0.15) is 5.56 Å². The Bertz CT molecular complexity index is 917. The third-order valence-corrected chi connectivity index (χ3v) is 3.42. The number of anilines is 1. The van der Waals surface area contributed by atoms with E-state index in [-0.39, 0.29) is 22.0 Å². The molecule has 0 aromatic heterocycles. The van der Waals surface area contributed by atoms with E-state index in [1.54, 1.807) is 6.07 Å². The van der Waals surface area contributed by atoms with Gasteiger partial charge in [0.2, 0.25) is 0 Å². The molecule has 1 amide bonds. The van der Waals surface area contributed by atoms with Gasteiger partial charge in [-0.25, -0.2) is 4.39 Å². The minimum absolute atomic E-state index is 0.0127. The van der Waals surface area contributed by atoms with E-state index in [1.165, 1.54) is 12.1 Å². The number of nitrogens with one attached hydrogen (secondary N) is 1. The number of benzene rings is 2. The number of carbonyl (C=O) groups is 1. The van der Waals surface area contributed by atoms with Gasteiger partial charge in [-0.15, -0.1) is 0 Å². The van der Waals surface area contributed by atoms with Crippen molar-refractivity contribution in [2.24, 2.45) is 0 Å². The van der Waals surface area contributed by atoms with E-state index < -0.39 is 28.0 Å². The van der Waals surface area contributed by atoms with Crippen LogP contribution in [0.25, 0.3) is 6.08 Å². The van der Waals surface area contributed by atoms with Crippen LogP contribution in [0, 0.1) is 27.3 Å². The number of halogens is 2. The molecule has 2 N–H and O–H groups in total. The molecule has 0 spiro atoms. The van der Waals surface area contributed by atoms with Gasteiger partial charge < -0.3 is 10.4 Å². The molecule has 0 fully saturated rings. The molecule has 0 atom stereocenters. The maximum Gasteiger partial charge on any atom is 0.273 e. The molecule has 0 aliphatic carbocycles. The molecule has 25 heavy (non-hydrogen) atoms. The van der Waals surface area contributed by atoms with Crippen LogP contribution in [-0.2, 0) is 4.79 Å². The number of nitro benzene ring substituents is 1. The summed E-state index contributed by atoms with van der Waals surface area (Å²) in [6.45, 7) is 0. The van der Waals surface area contributed by atoms with Crippen molar-refractivity contribution in [3.05, 3.63) is 68.5 Å². The second-order valence-corrected chi connectivity index (χ2v) is 5.13. The average Bonchev–Trinajstić information content (AvgIpc) is 2.56. The highest BCUT2D eigenvalue weighted by atomic mass is 35.5. The Morgan fingerprint density at radius 3 is 2.68 bits per heavy atom. The number of hydrogen-bond acceptors (Lipinski definition) is 5. The van der Waals surface area contributed by atoms with Crippen molar-refractivity contribution >= 4 is 35.0 Å². The van der Waals surface area contributed by atoms with Crippen molar-refractivity contribution in [1.82, 2.24) is 0 Å². The van der Waals surface area contributed by atoms with Crippen molar-refractivity contribution in [3.63, 3.8) is 0 Å². The number of nitrogens with zero attached hydrogens (tertiary/aromatic N) is 2. The van der Waals surface area contributed by atoms with E-state index in [4.69, 9.17) is 16.9 Å². The normalized spacial score (nSPS) is 10.8. The number of phenolic OH excluding ortho intramolecular Hbond substituents is 1. The molecule has 0 saturated heterocycles. The molecule has 7 nitrogen and oxygen atoms in total. The van der Waals surface area contributed by atoms with Gasteiger partial charge in [0.1, 0.15) is 23.2 Å². The highest BCUT2D eigenvalue weighted by molar-refractivity contribution is 6.32. The number of non-ortho nitro benzene ring substituents is 1. The summed E-state index contributed by atoms with van der Waals surface area (Å²) >= 11 is 5.84. The van der Waals surface area contributed by atoms with Crippen LogP contribution in [0.5, 0.6) is 5.75 Å². The molecule has 9 heteroatoms. The van der Waals surface area contributed by atoms with Crippen LogP contribution < -0.4 is 5.32 Å². The number of rotatable bonds is 4. The van der Waals surface area contributed by atoms with E-state index >= 15 is 0 Å². The lowest BCUT2D eigenvalue weighted by Crippen LogP contribution is -2.13. The minimum atomic E-state index is -0.939. The smallest absolute Gasteiger partial charge is 0.273 e. The van der Waals surface area contributed by atoms with Crippen LogP contribution in [0.15, 0.2) is 42.0 Å². The largest absolute Gasteiger partial charge is 0.506 e. The fourth-order valence-corrected chi connectivity index (χ4v) is 2.09. The summed E-state index contributed by atoms with van der Waals surface area (Å²) < 4.78 is 13.7. The zero-order chi connectivity index (χ0) is 18.6. The van der Waals surface area contributed by atoms with Gasteiger partial charge >= 0.3 is 0 Å². The highest BCUT2D eigenvalue weighted by Gasteiger charge is 2.16. The first-order valence-corrected chi connectivity index (χ1v) is 7.06. The Hall–Kier alpha value is -3.44. The Morgan fingerprint density at radius 1 is 1.40 bits per heavy atom. The zero-order valence-corrected chi connectivity index (χ0v) is 13.1. The van der Waals surface area contributed by atoms with Gasteiger partial charge in [-0.1, -0.05) is 17.7 Å². The van der Waals surface area contributed by atoms with Crippen LogP contribution in [0.2, 0.25) is 5.02 Å². The fraction of sp³-hybridized carbons (Fsp3) is 0. The lowest BCUT2D eigenvalue weighted by molar-refractivity contribution is -0.384. The van der Waals surface area contributed by atoms with Gasteiger partial charge in [0, 0.05) is 11.6 Å². The molecular weight excluding hydrogens is 353 g/mol. The topological polar surface area (TPSA) is 116 Å². The van der Waals surface area contributed by atoms with Gasteiger partial charge in [-0.2, -0.15) is 5.26 Å². The Kier molecular flexibility index (Phi) is 5.31. The van der Waals surface area contributed by atoms with Gasteiger partial charge in [-0.3, -0.25) is 14.9 Å². The van der Waals surface area contributed by atoms with E-state index in [1.807, 2.05) is 0 Å². The fourth-order valence-electron chi connectivity index (χ4n) is 1.87. The minimum Gasteiger partial charge on any atom is -0.506 e. The molecule has 0 saturated carbocycles. The van der Waals surface area contributed by atoms with Crippen molar-refractivity contribution < 1.29 is 19.2 Å². The summed E-state index contributed by atoms with van der Waals surface area (Å²) in [4.78, 5) is 22.0. The lowest BCUT2D eigenvalue weighted by atomic mass is 10.1. The predicted octanol–water partition coefficient (Wildman–Crippen LogP) is 3.64. The second kappa shape index (κ2) is 7.42. The maximum absolute atomic E-state index is 13.7. The quantitative estimate of drug-likeness (QED) is 0.283. The Labute approximate surface area is 145 Å². The number of amides is 1. The van der Waals surface area contributed by atoms with Crippen LogP contribution in [0.4, 0.5) is 15.8 Å².